The standard InChI is InChI=1S/C20H21N3O4/c1-27-20(26)13-6-8-14(9-7-13)21-12-18(24)23-17-5-3-2-4-16(17)19(25)22-15-10-11-15/h2-9,15,21H,10-12H2,1H3,(H,22,25)(H,23,24). The van der Waals surface area contributed by atoms with Gasteiger partial charge >= 0.3 is 5.97 Å². The van der Waals surface area contributed by atoms with Crippen LogP contribution in [0.2, 0.25) is 0 Å². The third kappa shape index (κ3) is 5.07. The normalized spacial score (nSPS) is 12.8. The SMILES string of the molecule is COC(=O)c1ccc(NCC(=O)Nc2ccccc2C(=O)NC2CC2)cc1. The monoisotopic (exact) mass is 367 g/mol. The summed E-state index contributed by atoms with van der Waals surface area (Å²) in [7, 11) is 1.32. The van der Waals surface area contributed by atoms with Crippen LogP contribution in [0.25, 0.3) is 0 Å². The van der Waals surface area contributed by atoms with Crippen molar-refractivity contribution in [2.45, 2.75) is 18.9 Å². The summed E-state index contributed by atoms with van der Waals surface area (Å²) in [6.07, 6.45) is 2.00. The van der Waals surface area contributed by atoms with Crippen LogP contribution in [0.5, 0.6) is 0 Å². The highest BCUT2D eigenvalue weighted by molar-refractivity contribution is 6.04. The van der Waals surface area contributed by atoms with Gasteiger partial charge in [0, 0.05) is 11.7 Å². The number of amides is 2. The van der Waals surface area contributed by atoms with E-state index in [0.717, 1.165) is 12.8 Å². The number of hydrogen-bond acceptors (Lipinski definition) is 5. The van der Waals surface area contributed by atoms with Crippen molar-refractivity contribution < 1.29 is 19.1 Å². The highest BCUT2D eigenvalue weighted by atomic mass is 16.5. The van der Waals surface area contributed by atoms with E-state index in [-0.39, 0.29) is 24.4 Å². The Kier molecular flexibility index (Phi) is 5.71. The molecule has 0 saturated heterocycles. The first-order chi connectivity index (χ1) is 13.1. The first-order valence-corrected chi connectivity index (χ1v) is 8.69. The Morgan fingerprint density at radius 1 is 1.04 bits per heavy atom. The number of methoxy groups -OCH3 is 1. The van der Waals surface area contributed by atoms with Crippen molar-refractivity contribution in [1.29, 1.82) is 0 Å². The molecule has 1 aliphatic carbocycles. The van der Waals surface area contributed by atoms with E-state index in [1.807, 2.05) is 0 Å². The number of ether oxygens (including phenoxy) is 1. The number of esters is 1. The number of carbonyl (C=O) groups is 3. The van der Waals surface area contributed by atoms with Crippen molar-refractivity contribution in [2.75, 3.05) is 24.3 Å². The molecule has 0 spiro atoms. The molecule has 3 rings (SSSR count). The van der Waals surface area contributed by atoms with Crippen molar-refractivity contribution in [1.82, 2.24) is 5.32 Å². The second-order valence-electron chi connectivity index (χ2n) is 6.26. The average Bonchev–Trinajstić information content (AvgIpc) is 3.50. The van der Waals surface area contributed by atoms with E-state index in [9.17, 15) is 14.4 Å². The second kappa shape index (κ2) is 8.35. The Morgan fingerprint density at radius 2 is 1.74 bits per heavy atom. The van der Waals surface area contributed by atoms with Crippen LogP contribution in [0.4, 0.5) is 11.4 Å². The van der Waals surface area contributed by atoms with E-state index in [2.05, 4.69) is 20.7 Å². The Labute approximate surface area is 157 Å². The molecule has 3 N–H and O–H groups in total. The number of rotatable bonds is 7. The number of para-hydroxylation sites is 1. The predicted octanol–water partition coefficient (Wildman–Crippen LogP) is 2.42. The predicted molar refractivity (Wildman–Crippen MR) is 102 cm³/mol. The van der Waals surface area contributed by atoms with Crippen molar-refractivity contribution in [3.63, 3.8) is 0 Å². The topological polar surface area (TPSA) is 96.5 Å². The van der Waals surface area contributed by atoms with Crippen LogP contribution in [0.1, 0.15) is 33.6 Å². The summed E-state index contributed by atoms with van der Waals surface area (Å²) in [4.78, 5) is 35.9. The molecule has 0 aromatic heterocycles. The van der Waals surface area contributed by atoms with Crippen molar-refractivity contribution >= 4 is 29.2 Å². The van der Waals surface area contributed by atoms with Gasteiger partial charge in [-0.3, -0.25) is 9.59 Å². The molecule has 7 nitrogen and oxygen atoms in total. The van der Waals surface area contributed by atoms with E-state index in [0.29, 0.717) is 22.5 Å². The van der Waals surface area contributed by atoms with Crippen LogP contribution >= 0.6 is 0 Å². The Balaban J connectivity index is 1.56. The van der Waals surface area contributed by atoms with Gasteiger partial charge < -0.3 is 20.7 Å². The highest BCUT2D eigenvalue weighted by Crippen LogP contribution is 2.21. The highest BCUT2D eigenvalue weighted by Gasteiger charge is 2.24. The molecule has 0 bridgehead atoms. The molecular weight excluding hydrogens is 346 g/mol. The van der Waals surface area contributed by atoms with Gasteiger partial charge in [-0.25, -0.2) is 4.79 Å². The zero-order valence-corrected chi connectivity index (χ0v) is 15.0. The van der Waals surface area contributed by atoms with E-state index >= 15 is 0 Å². The minimum Gasteiger partial charge on any atom is -0.465 e. The zero-order valence-electron chi connectivity index (χ0n) is 15.0. The molecule has 2 aromatic carbocycles. The number of nitrogens with one attached hydrogen (secondary N) is 3. The number of benzene rings is 2. The lowest BCUT2D eigenvalue weighted by molar-refractivity contribution is -0.114. The van der Waals surface area contributed by atoms with Gasteiger partial charge in [0.25, 0.3) is 5.91 Å². The van der Waals surface area contributed by atoms with E-state index in [1.165, 1.54) is 7.11 Å². The fraction of sp³-hybridized carbons (Fsp3) is 0.250. The van der Waals surface area contributed by atoms with Crippen molar-refractivity contribution in [2.24, 2.45) is 0 Å². The summed E-state index contributed by atoms with van der Waals surface area (Å²) in [5.74, 6) is -0.876. The minimum atomic E-state index is -0.416. The fourth-order valence-corrected chi connectivity index (χ4v) is 2.50. The van der Waals surface area contributed by atoms with Crippen molar-refractivity contribution in [3.05, 3.63) is 59.7 Å². The second-order valence-corrected chi connectivity index (χ2v) is 6.26. The molecule has 1 saturated carbocycles. The Bertz CT molecular complexity index is 845. The van der Waals surface area contributed by atoms with Gasteiger partial charge in [-0.2, -0.15) is 0 Å². The summed E-state index contributed by atoms with van der Waals surface area (Å²) in [6.45, 7) is 0.0240. The molecular formula is C20H21N3O4. The van der Waals surface area contributed by atoms with Gasteiger partial charge in [0.1, 0.15) is 0 Å². The molecule has 0 aliphatic heterocycles. The van der Waals surface area contributed by atoms with E-state index in [1.54, 1.807) is 48.5 Å². The molecule has 1 aliphatic rings. The van der Waals surface area contributed by atoms with Crippen LogP contribution in [0, 0.1) is 0 Å². The summed E-state index contributed by atoms with van der Waals surface area (Å²) in [5.41, 5.74) is 2.05. The van der Waals surface area contributed by atoms with Crippen LogP contribution in [0.15, 0.2) is 48.5 Å². The maximum absolute atomic E-state index is 12.3. The van der Waals surface area contributed by atoms with Gasteiger partial charge in [-0.1, -0.05) is 12.1 Å². The molecule has 140 valence electrons. The fourth-order valence-electron chi connectivity index (χ4n) is 2.50. The van der Waals surface area contributed by atoms with E-state index in [4.69, 9.17) is 0 Å². The molecule has 2 aromatic rings. The van der Waals surface area contributed by atoms with Crippen LogP contribution in [-0.2, 0) is 9.53 Å². The first kappa shape index (κ1) is 18.4. The van der Waals surface area contributed by atoms with Gasteiger partial charge in [0.2, 0.25) is 5.91 Å². The third-order valence-electron chi connectivity index (χ3n) is 4.12. The maximum Gasteiger partial charge on any atom is 0.337 e. The van der Waals surface area contributed by atoms with Crippen molar-refractivity contribution in [3.8, 4) is 0 Å². The van der Waals surface area contributed by atoms with Crippen LogP contribution in [-0.4, -0.2) is 37.5 Å². The average molecular weight is 367 g/mol. The molecule has 27 heavy (non-hydrogen) atoms. The zero-order chi connectivity index (χ0) is 19.2. The number of hydrogen-bond donors (Lipinski definition) is 3. The molecule has 1 fully saturated rings. The third-order valence-corrected chi connectivity index (χ3v) is 4.12. The first-order valence-electron chi connectivity index (χ1n) is 8.69. The number of anilines is 2. The van der Waals surface area contributed by atoms with Gasteiger partial charge in [-0.05, 0) is 49.2 Å². The van der Waals surface area contributed by atoms with Crippen LogP contribution < -0.4 is 16.0 Å². The Morgan fingerprint density at radius 3 is 2.41 bits per heavy atom. The van der Waals surface area contributed by atoms with Gasteiger partial charge in [0.05, 0.1) is 30.5 Å². The molecule has 2 amide bonds. The Hall–Kier alpha value is -3.35. The molecule has 0 unspecified atom stereocenters. The molecule has 7 heteroatoms. The summed E-state index contributed by atoms with van der Waals surface area (Å²) in [6, 6.07) is 13.8. The molecule has 0 heterocycles. The van der Waals surface area contributed by atoms with E-state index < -0.39 is 5.97 Å². The quantitative estimate of drug-likeness (QED) is 0.653. The summed E-state index contributed by atoms with van der Waals surface area (Å²) >= 11 is 0. The van der Waals surface area contributed by atoms with Gasteiger partial charge in [-0.15, -0.1) is 0 Å². The lowest BCUT2D eigenvalue weighted by Gasteiger charge is -2.12. The summed E-state index contributed by atoms with van der Waals surface area (Å²) < 4.78 is 4.64. The molecule has 0 atom stereocenters. The number of carbonyl (C=O) groups excluding carboxylic acids is 3. The molecule has 0 radical (unpaired) electrons. The lowest BCUT2D eigenvalue weighted by atomic mass is 10.1. The smallest absolute Gasteiger partial charge is 0.337 e. The van der Waals surface area contributed by atoms with Gasteiger partial charge in [0.15, 0.2) is 0 Å². The minimum absolute atomic E-state index is 0.0240. The lowest BCUT2D eigenvalue weighted by Crippen LogP contribution is -2.28. The summed E-state index contributed by atoms with van der Waals surface area (Å²) in [5, 5.41) is 8.65. The largest absolute Gasteiger partial charge is 0.465 e. The van der Waals surface area contributed by atoms with Crippen LogP contribution in [0.3, 0.4) is 0 Å². The maximum atomic E-state index is 12.3.